The van der Waals surface area contributed by atoms with Crippen LogP contribution in [0.2, 0.25) is 0 Å². The molecule has 56 valence electrons. The summed E-state index contributed by atoms with van der Waals surface area (Å²) in [6, 6.07) is 0. The number of piperidine rings is 1. The molecule has 0 aromatic carbocycles. The van der Waals surface area contributed by atoms with E-state index in [-0.39, 0.29) is 6.10 Å². The van der Waals surface area contributed by atoms with Crippen molar-refractivity contribution < 1.29 is 9.90 Å². The molecule has 1 unspecified atom stereocenters. The molecule has 1 fully saturated rings. The first-order valence-corrected chi connectivity index (χ1v) is 3.42. The molecule has 1 amide bonds. The summed E-state index contributed by atoms with van der Waals surface area (Å²) in [4.78, 5) is 12.0. The Hall–Kier alpha value is -0.570. The third-order valence-electron chi connectivity index (χ3n) is 1.71. The molecule has 0 saturated carbocycles. The number of carbonyl (C=O) groups excluding carboxylic acids is 1. The van der Waals surface area contributed by atoms with Crippen LogP contribution < -0.4 is 0 Å². The first-order valence-electron chi connectivity index (χ1n) is 3.42. The summed E-state index contributed by atoms with van der Waals surface area (Å²) < 4.78 is 0. The Labute approximate surface area is 60.6 Å². The number of hydrogen-bond donors (Lipinski definition) is 1. The standard InChI is InChI=1S/C7H11NO2/c1-6(9)8-4-2-3-7(10)5-8/h1,7,10H,2-5H2. The third-order valence-corrected chi connectivity index (χ3v) is 1.71. The fourth-order valence-corrected chi connectivity index (χ4v) is 1.15. The van der Waals surface area contributed by atoms with Crippen LogP contribution in [0.1, 0.15) is 12.8 Å². The van der Waals surface area contributed by atoms with E-state index in [1.165, 1.54) is 4.90 Å². The molecule has 1 rings (SSSR count). The van der Waals surface area contributed by atoms with Crippen LogP contribution in [0.3, 0.4) is 0 Å². The lowest BCUT2D eigenvalue weighted by atomic mass is 10.1. The van der Waals surface area contributed by atoms with Gasteiger partial charge < -0.3 is 10.0 Å². The maximum atomic E-state index is 10.5. The molecule has 1 N–H and O–H groups in total. The van der Waals surface area contributed by atoms with Crippen molar-refractivity contribution in [3.8, 4) is 0 Å². The van der Waals surface area contributed by atoms with Crippen molar-refractivity contribution in [2.24, 2.45) is 0 Å². The van der Waals surface area contributed by atoms with E-state index in [1.807, 2.05) is 0 Å². The van der Waals surface area contributed by atoms with Crippen LogP contribution in [0.25, 0.3) is 0 Å². The number of carbonyl (C=O) groups is 1. The molecule has 0 aromatic heterocycles. The van der Waals surface area contributed by atoms with Gasteiger partial charge in [0.2, 0.25) is 5.91 Å². The zero-order valence-electron chi connectivity index (χ0n) is 5.79. The lowest BCUT2D eigenvalue weighted by Gasteiger charge is -2.28. The monoisotopic (exact) mass is 141 g/mol. The number of aliphatic hydroxyl groups is 1. The molecule has 1 aliphatic rings. The van der Waals surface area contributed by atoms with E-state index >= 15 is 0 Å². The van der Waals surface area contributed by atoms with Crippen LogP contribution in [0.5, 0.6) is 0 Å². The van der Waals surface area contributed by atoms with E-state index in [9.17, 15) is 4.79 Å². The second-order valence-electron chi connectivity index (χ2n) is 2.58. The predicted molar refractivity (Wildman–Crippen MR) is 36.1 cm³/mol. The molecule has 1 atom stereocenters. The summed E-state index contributed by atoms with van der Waals surface area (Å²) >= 11 is 0. The molecule has 0 bridgehead atoms. The fourth-order valence-electron chi connectivity index (χ4n) is 1.15. The normalized spacial score (nSPS) is 26.6. The van der Waals surface area contributed by atoms with Crippen molar-refractivity contribution in [3.05, 3.63) is 6.92 Å². The van der Waals surface area contributed by atoms with Crippen molar-refractivity contribution in [3.63, 3.8) is 0 Å². The van der Waals surface area contributed by atoms with E-state index in [4.69, 9.17) is 12.0 Å². The largest absolute Gasteiger partial charge is 0.391 e. The highest BCUT2D eigenvalue weighted by Gasteiger charge is 2.18. The van der Waals surface area contributed by atoms with Gasteiger partial charge in [-0.2, -0.15) is 0 Å². The molecule has 0 aromatic rings. The van der Waals surface area contributed by atoms with Crippen molar-refractivity contribution in [1.82, 2.24) is 4.90 Å². The molecule has 1 saturated heterocycles. The van der Waals surface area contributed by atoms with Crippen LogP contribution in [-0.2, 0) is 4.79 Å². The Morgan fingerprint density at radius 2 is 2.40 bits per heavy atom. The summed E-state index contributed by atoms with van der Waals surface area (Å²) in [5.41, 5.74) is 0. The summed E-state index contributed by atoms with van der Waals surface area (Å²) in [5, 5.41) is 9.08. The zero-order valence-corrected chi connectivity index (χ0v) is 5.79. The van der Waals surface area contributed by atoms with Crippen LogP contribution in [0, 0.1) is 6.92 Å². The summed E-state index contributed by atoms with van der Waals surface area (Å²) in [5.74, 6) is -0.432. The SMILES string of the molecule is [CH]C(=O)N1CCCC(O)C1. The van der Waals surface area contributed by atoms with Crippen molar-refractivity contribution in [1.29, 1.82) is 0 Å². The first-order chi connectivity index (χ1) is 4.70. The maximum Gasteiger partial charge on any atom is 0.227 e. The smallest absolute Gasteiger partial charge is 0.227 e. The van der Waals surface area contributed by atoms with E-state index in [1.54, 1.807) is 0 Å². The maximum absolute atomic E-state index is 10.5. The quantitative estimate of drug-likeness (QED) is 0.502. The lowest BCUT2D eigenvalue weighted by molar-refractivity contribution is -0.129. The van der Waals surface area contributed by atoms with Gasteiger partial charge in [0.05, 0.1) is 13.0 Å². The van der Waals surface area contributed by atoms with Gasteiger partial charge in [-0.25, -0.2) is 0 Å². The molecule has 2 radical (unpaired) electrons. The molecule has 1 heterocycles. The van der Waals surface area contributed by atoms with E-state index in [0.717, 1.165) is 12.8 Å². The first kappa shape index (κ1) is 7.54. The molecule has 1 aliphatic heterocycles. The fraction of sp³-hybridized carbons (Fsp3) is 0.714. The van der Waals surface area contributed by atoms with Gasteiger partial charge in [0.15, 0.2) is 0 Å². The number of rotatable bonds is 0. The molecule has 3 heteroatoms. The van der Waals surface area contributed by atoms with Gasteiger partial charge in [-0.3, -0.25) is 4.79 Å². The highest BCUT2D eigenvalue weighted by atomic mass is 16.3. The zero-order chi connectivity index (χ0) is 7.56. The Balaban J connectivity index is 2.39. The average molecular weight is 141 g/mol. The van der Waals surface area contributed by atoms with Gasteiger partial charge in [0.1, 0.15) is 0 Å². The highest BCUT2D eigenvalue weighted by molar-refractivity contribution is 5.80. The summed E-state index contributed by atoms with van der Waals surface area (Å²) in [6.07, 6.45) is 1.26. The molecule has 10 heavy (non-hydrogen) atoms. The molecule has 0 spiro atoms. The number of β-amino-alcohol motifs (C(OH)–C–C–N with tert-alkyl or cyclic N) is 1. The van der Waals surface area contributed by atoms with Gasteiger partial charge in [-0.1, -0.05) is 0 Å². The molecule has 0 aliphatic carbocycles. The van der Waals surface area contributed by atoms with Crippen LogP contribution in [-0.4, -0.2) is 35.1 Å². The summed E-state index contributed by atoms with van der Waals surface area (Å²) in [7, 11) is 0. The van der Waals surface area contributed by atoms with Gasteiger partial charge in [0.25, 0.3) is 0 Å². The van der Waals surface area contributed by atoms with Crippen LogP contribution >= 0.6 is 0 Å². The Kier molecular flexibility index (Phi) is 2.27. The molecular formula is C7H11NO2. The Morgan fingerprint density at radius 3 is 2.80 bits per heavy atom. The Bertz CT molecular complexity index is 136. The molecular weight excluding hydrogens is 130 g/mol. The van der Waals surface area contributed by atoms with Crippen molar-refractivity contribution in [2.45, 2.75) is 18.9 Å². The number of aliphatic hydroxyl groups excluding tert-OH is 1. The predicted octanol–water partition coefficient (Wildman–Crippen LogP) is -0.319. The second-order valence-corrected chi connectivity index (χ2v) is 2.58. The van der Waals surface area contributed by atoms with Crippen molar-refractivity contribution >= 4 is 5.91 Å². The van der Waals surface area contributed by atoms with E-state index in [2.05, 4.69) is 0 Å². The number of likely N-dealkylation sites (tertiary alicyclic amines) is 1. The van der Waals surface area contributed by atoms with Gasteiger partial charge in [-0.15, -0.1) is 0 Å². The average Bonchev–Trinajstić information content (AvgIpc) is 1.88. The van der Waals surface area contributed by atoms with E-state index in [0.29, 0.717) is 13.1 Å². The second kappa shape index (κ2) is 3.01. The van der Waals surface area contributed by atoms with Gasteiger partial charge in [-0.05, 0) is 12.8 Å². The highest BCUT2D eigenvalue weighted by Crippen LogP contribution is 2.08. The Morgan fingerprint density at radius 1 is 1.70 bits per heavy atom. The minimum absolute atomic E-state index is 0.374. The van der Waals surface area contributed by atoms with Crippen molar-refractivity contribution in [2.75, 3.05) is 13.1 Å². The molecule has 3 nitrogen and oxygen atoms in total. The third kappa shape index (κ3) is 1.70. The van der Waals surface area contributed by atoms with Crippen LogP contribution in [0.4, 0.5) is 0 Å². The van der Waals surface area contributed by atoms with Gasteiger partial charge in [0, 0.05) is 13.1 Å². The topological polar surface area (TPSA) is 40.5 Å². The van der Waals surface area contributed by atoms with Gasteiger partial charge >= 0.3 is 0 Å². The number of hydrogen-bond acceptors (Lipinski definition) is 2. The number of nitrogens with zero attached hydrogens (tertiary/aromatic N) is 1. The minimum Gasteiger partial charge on any atom is -0.391 e. The number of amides is 1. The lowest BCUT2D eigenvalue weighted by Crippen LogP contribution is -2.40. The minimum atomic E-state index is -0.432. The van der Waals surface area contributed by atoms with Crippen LogP contribution in [0.15, 0.2) is 0 Å². The van der Waals surface area contributed by atoms with E-state index < -0.39 is 5.91 Å². The summed E-state index contributed by atoms with van der Waals surface area (Å²) in [6.45, 7) is 6.09.